The minimum absolute atomic E-state index is 0.0184. The smallest absolute Gasteiger partial charge is 0.309 e. The second-order valence-electron chi connectivity index (χ2n) is 5.00. The Balaban J connectivity index is 2.06. The van der Waals surface area contributed by atoms with Crippen molar-refractivity contribution in [2.75, 3.05) is 13.1 Å². The normalized spacial score (nSPS) is 18.3. The number of carbonyl (C=O) groups is 2. The predicted octanol–water partition coefficient (Wildman–Crippen LogP) is 2.17. The van der Waals surface area contributed by atoms with Gasteiger partial charge in [0.2, 0.25) is 0 Å². The highest BCUT2D eigenvalue weighted by atomic mass is 32.1. The summed E-state index contributed by atoms with van der Waals surface area (Å²) in [5.41, 5.74) is 1.76. The largest absolute Gasteiger partial charge is 0.481 e. The van der Waals surface area contributed by atoms with Crippen molar-refractivity contribution in [3.8, 4) is 0 Å². The molecular weight excluding hydrogens is 264 g/mol. The van der Waals surface area contributed by atoms with E-state index < -0.39 is 11.4 Å². The van der Waals surface area contributed by atoms with Crippen LogP contribution >= 0.6 is 11.3 Å². The number of aromatic nitrogens is 1. The van der Waals surface area contributed by atoms with E-state index in [0.717, 1.165) is 5.69 Å². The first kappa shape index (κ1) is 14.0. The molecule has 0 radical (unpaired) electrons. The fourth-order valence-electron chi connectivity index (χ4n) is 2.51. The number of hydrogen-bond donors (Lipinski definition) is 1. The molecule has 6 heteroatoms. The van der Waals surface area contributed by atoms with Gasteiger partial charge in [-0.1, -0.05) is 6.92 Å². The number of aryl methyl sites for hydroxylation is 1. The quantitative estimate of drug-likeness (QED) is 0.922. The highest BCUT2D eigenvalue weighted by molar-refractivity contribution is 7.11. The van der Waals surface area contributed by atoms with E-state index in [1.54, 1.807) is 10.4 Å². The highest BCUT2D eigenvalue weighted by Crippen LogP contribution is 2.35. The molecule has 1 aromatic heterocycles. The van der Waals surface area contributed by atoms with Gasteiger partial charge in [0.15, 0.2) is 0 Å². The van der Waals surface area contributed by atoms with Crippen LogP contribution in [0.25, 0.3) is 0 Å². The fraction of sp³-hybridized carbons (Fsp3) is 0.615. The van der Waals surface area contributed by atoms with E-state index >= 15 is 0 Å². The molecule has 2 rings (SSSR count). The van der Waals surface area contributed by atoms with Gasteiger partial charge in [0.1, 0.15) is 4.88 Å². The standard InChI is InChI=1S/C13H18N2O3S/c1-3-13(12(17)18)4-6-15(7-5-13)11(16)10-9(2)14-8-19-10/h8H,3-7H2,1-2H3,(H,17,18). The molecule has 1 aliphatic rings. The van der Waals surface area contributed by atoms with E-state index in [9.17, 15) is 14.7 Å². The van der Waals surface area contributed by atoms with Crippen LogP contribution in [0.2, 0.25) is 0 Å². The first-order valence-corrected chi connectivity index (χ1v) is 7.31. The van der Waals surface area contributed by atoms with Gasteiger partial charge in [-0.2, -0.15) is 0 Å². The van der Waals surface area contributed by atoms with E-state index in [1.807, 2.05) is 13.8 Å². The summed E-state index contributed by atoms with van der Waals surface area (Å²) in [7, 11) is 0. The molecule has 0 unspecified atom stereocenters. The number of aliphatic carboxylic acids is 1. The van der Waals surface area contributed by atoms with Crippen molar-refractivity contribution in [2.24, 2.45) is 5.41 Å². The molecule has 0 saturated carbocycles. The Kier molecular flexibility index (Phi) is 3.89. The number of hydrogen-bond acceptors (Lipinski definition) is 4. The maximum Gasteiger partial charge on any atom is 0.309 e. The van der Waals surface area contributed by atoms with E-state index in [0.29, 0.717) is 37.2 Å². The lowest BCUT2D eigenvalue weighted by Crippen LogP contribution is -2.46. The summed E-state index contributed by atoms with van der Waals surface area (Å²) in [6, 6.07) is 0. The van der Waals surface area contributed by atoms with Gasteiger partial charge in [0, 0.05) is 13.1 Å². The average molecular weight is 282 g/mol. The average Bonchev–Trinajstić information content (AvgIpc) is 2.84. The lowest BCUT2D eigenvalue weighted by atomic mass is 9.76. The van der Waals surface area contributed by atoms with Crippen molar-refractivity contribution >= 4 is 23.2 Å². The molecule has 1 aliphatic heterocycles. The van der Waals surface area contributed by atoms with Crippen LogP contribution in [-0.2, 0) is 4.79 Å². The van der Waals surface area contributed by atoms with Gasteiger partial charge in [-0.25, -0.2) is 4.98 Å². The van der Waals surface area contributed by atoms with Crippen LogP contribution < -0.4 is 0 Å². The number of carbonyl (C=O) groups excluding carboxylic acids is 1. The third kappa shape index (κ3) is 2.49. The predicted molar refractivity (Wildman–Crippen MR) is 72.3 cm³/mol. The van der Waals surface area contributed by atoms with Gasteiger partial charge in [-0.3, -0.25) is 9.59 Å². The van der Waals surface area contributed by atoms with Gasteiger partial charge in [0.25, 0.3) is 5.91 Å². The number of nitrogens with zero attached hydrogens (tertiary/aromatic N) is 2. The Labute approximate surface area is 116 Å². The van der Waals surface area contributed by atoms with Crippen molar-refractivity contribution in [2.45, 2.75) is 33.1 Å². The minimum Gasteiger partial charge on any atom is -0.481 e. The maximum atomic E-state index is 12.3. The van der Waals surface area contributed by atoms with Crippen LogP contribution in [0.15, 0.2) is 5.51 Å². The summed E-state index contributed by atoms with van der Waals surface area (Å²) in [6.07, 6.45) is 1.68. The van der Waals surface area contributed by atoms with Crippen LogP contribution in [-0.4, -0.2) is 40.0 Å². The van der Waals surface area contributed by atoms with Crippen molar-refractivity contribution < 1.29 is 14.7 Å². The summed E-state index contributed by atoms with van der Waals surface area (Å²) in [4.78, 5) is 30.2. The number of carboxylic acids is 1. The Bertz CT molecular complexity index is 490. The van der Waals surface area contributed by atoms with Crippen LogP contribution in [0.4, 0.5) is 0 Å². The molecule has 2 heterocycles. The monoisotopic (exact) mass is 282 g/mol. The van der Waals surface area contributed by atoms with Gasteiger partial charge in [-0.05, 0) is 26.2 Å². The summed E-state index contributed by atoms with van der Waals surface area (Å²) < 4.78 is 0. The zero-order valence-corrected chi connectivity index (χ0v) is 12.0. The molecule has 1 amide bonds. The zero-order chi connectivity index (χ0) is 14.0. The molecule has 0 aliphatic carbocycles. The SMILES string of the molecule is CCC1(C(=O)O)CCN(C(=O)c2scnc2C)CC1. The first-order chi connectivity index (χ1) is 9.00. The molecule has 104 valence electrons. The summed E-state index contributed by atoms with van der Waals surface area (Å²) in [6.45, 7) is 4.74. The third-order valence-electron chi connectivity index (χ3n) is 4.08. The highest BCUT2D eigenvalue weighted by Gasteiger charge is 2.41. The molecule has 0 atom stereocenters. The molecule has 19 heavy (non-hydrogen) atoms. The Morgan fingerprint density at radius 1 is 1.47 bits per heavy atom. The Morgan fingerprint density at radius 3 is 2.53 bits per heavy atom. The molecule has 5 nitrogen and oxygen atoms in total. The minimum atomic E-state index is -0.740. The molecule has 1 aromatic rings. The van der Waals surface area contributed by atoms with Gasteiger partial charge in [0.05, 0.1) is 16.6 Å². The molecule has 1 fully saturated rings. The van der Waals surface area contributed by atoms with Crippen molar-refractivity contribution in [1.82, 2.24) is 9.88 Å². The molecule has 0 spiro atoms. The topological polar surface area (TPSA) is 70.5 Å². The molecule has 0 bridgehead atoms. The Hall–Kier alpha value is -1.43. The van der Waals surface area contributed by atoms with Crippen molar-refractivity contribution in [3.63, 3.8) is 0 Å². The number of carboxylic acid groups (broad SMARTS) is 1. The lowest BCUT2D eigenvalue weighted by Gasteiger charge is -2.38. The second kappa shape index (κ2) is 5.28. The summed E-state index contributed by atoms with van der Waals surface area (Å²) >= 11 is 1.34. The zero-order valence-electron chi connectivity index (χ0n) is 11.2. The fourth-order valence-corrected chi connectivity index (χ4v) is 3.28. The Morgan fingerprint density at radius 2 is 2.11 bits per heavy atom. The number of rotatable bonds is 3. The third-order valence-corrected chi connectivity index (χ3v) is 4.99. The summed E-state index contributed by atoms with van der Waals surface area (Å²) in [5, 5.41) is 9.33. The maximum absolute atomic E-state index is 12.3. The molecule has 0 aromatic carbocycles. The number of thiazole rings is 1. The van der Waals surface area contributed by atoms with E-state index in [4.69, 9.17) is 0 Å². The number of likely N-dealkylation sites (tertiary alicyclic amines) is 1. The molecule has 1 N–H and O–H groups in total. The lowest BCUT2D eigenvalue weighted by molar-refractivity contribution is -0.152. The van der Waals surface area contributed by atoms with Gasteiger partial charge >= 0.3 is 5.97 Å². The van der Waals surface area contributed by atoms with Gasteiger partial charge < -0.3 is 10.0 Å². The van der Waals surface area contributed by atoms with Crippen molar-refractivity contribution in [1.29, 1.82) is 0 Å². The van der Waals surface area contributed by atoms with Gasteiger partial charge in [-0.15, -0.1) is 11.3 Å². The molecule has 1 saturated heterocycles. The molecular formula is C13H18N2O3S. The number of piperidine rings is 1. The van der Waals surface area contributed by atoms with E-state index in [1.165, 1.54) is 11.3 Å². The van der Waals surface area contributed by atoms with E-state index in [2.05, 4.69) is 4.98 Å². The van der Waals surface area contributed by atoms with Crippen LogP contribution in [0.1, 0.15) is 41.6 Å². The first-order valence-electron chi connectivity index (χ1n) is 6.43. The summed E-state index contributed by atoms with van der Waals surface area (Å²) in [5.74, 6) is -0.758. The second-order valence-corrected chi connectivity index (χ2v) is 5.85. The van der Waals surface area contributed by atoms with Crippen LogP contribution in [0, 0.1) is 12.3 Å². The van der Waals surface area contributed by atoms with Crippen LogP contribution in [0.3, 0.4) is 0 Å². The number of amides is 1. The van der Waals surface area contributed by atoms with E-state index in [-0.39, 0.29) is 5.91 Å². The van der Waals surface area contributed by atoms with Crippen molar-refractivity contribution in [3.05, 3.63) is 16.1 Å². The van der Waals surface area contributed by atoms with Crippen LogP contribution in [0.5, 0.6) is 0 Å².